The van der Waals surface area contributed by atoms with Gasteiger partial charge in [0.2, 0.25) is 0 Å². The summed E-state index contributed by atoms with van der Waals surface area (Å²) >= 11 is 0. The molecule has 0 aromatic heterocycles. The molecule has 3 rings (SSSR count). The fourth-order valence-corrected chi connectivity index (χ4v) is 3.06. The zero-order valence-corrected chi connectivity index (χ0v) is 13.3. The predicted molar refractivity (Wildman–Crippen MR) is 92.8 cm³/mol. The molecule has 0 spiro atoms. The molecule has 0 heterocycles. The summed E-state index contributed by atoms with van der Waals surface area (Å²) in [6.45, 7) is 6.98. The SMILES string of the molecule is C=C(c1ccc2c(c1)CCCC2)C(C)OCc1ccccc1. The third-order valence-electron chi connectivity index (χ3n) is 4.55. The Hall–Kier alpha value is -1.86. The normalized spacial score (nSPS) is 15.1. The van der Waals surface area contributed by atoms with Crippen molar-refractivity contribution in [1.82, 2.24) is 0 Å². The summed E-state index contributed by atoms with van der Waals surface area (Å²) in [6.07, 6.45) is 5.09. The smallest absolute Gasteiger partial charge is 0.0801 e. The Kier molecular flexibility index (Phi) is 4.74. The highest BCUT2D eigenvalue weighted by Crippen LogP contribution is 2.27. The summed E-state index contributed by atoms with van der Waals surface area (Å²) in [7, 11) is 0. The number of ether oxygens (including phenoxy) is 1. The predicted octanol–water partition coefficient (Wildman–Crippen LogP) is 5.18. The summed E-state index contributed by atoms with van der Waals surface area (Å²) in [5.41, 5.74) is 6.51. The zero-order valence-electron chi connectivity index (χ0n) is 13.3. The van der Waals surface area contributed by atoms with Gasteiger partial charge in [-0.05, 0) is 60.4 Å². The van der Waals surface area contributed by atoms with Crippen molar-refractivity contribution in [3.8, 4) is 0 Å². The van der Waals surface area contributed by atoms with Gasteiger partial charge in [0, 0.05) is 0 Å². The minimum absolute atomic E-state index is 0.0295. The minimum atomic E-state index is 0.0295. The molecule has 1 nitrogen and oxygen atoms in total. The molecule has 0 N–H and O–H groups in total. The van der Waals surface area contributed by atoms with Crippen LogP contribution in [-0.2, 0) is 24.2 Å². The highest BCUT2D eigenvalue weighted by atomic mass is 16.5. The Morgan fingerprint density at radius 1 is 1.05 bits per heavy atom. The van der Waals surface area contributed by atoms with Crippen LogP contribution in [0.5, 0.6) is 0 Å². The lowest BCUT2D eigenvalue weighted by atomic mass is 9.88. The van der Waals surface area contributed by atoms with E-state index in [-0.39, 0.29) is 6.10 Å². The molecule has 0 radical (unpaired) electrons. The summed E-state index contributed by atoms with van der Waals surface area (Å²) < 4.78 is 5.99. The maximum Gasteiger partial charge on any atom is 0.0801 e. The lowest BCUT2D eigenvalue weighted by Crippen LogP contribution is -2.11. The molecule has 1 atom stereocenters. The molecule has 114 valence electrons. The van der Waals surface area contributed by atoms with E-state index in [1.165, 1.54) is 47.9 Å². The van der Waals surface area contributed by atoms with Crippen molar-refractivity contribution in [2.24, 2.45) is 0 Å². The van der Waals surface area contributed by atoms with Crippen LogP contribution in [-0.4, -0.2) is 6.10 Å². The van der Waals surface area contributed by atoms with E-state index in [4.69, 9.17) is 4.74 Å². The van der Waals surface area contributed by atoms with Crippen LogP contribution in [0.15, 0.2) is 55.1 Å². The fourth-order valence-electron chi connectivity index (χ4n) is 3.06. The highest BCUT2D eigenvalue weighted by molar-refractivity contribution is 5.67. The van der Waals surface area contributed by atoms with Crippen LogP contribution in [0.4, 0.5) is 0 Å². The summed E-state index contributed by atoms with van der Waals surface area (Å²) in [5.74, 6) is 0. The van der Waals surface area contributed by atoms with Crippen molar-refractivity contribution in [2.75, 3.05) is 0 Å². The first-order valence-corrected chi connectivity index (χ1v) is 8.20. The first-order valence-electron chi connectivity index (χ1n) is 8.20. The molecule has 2 aromatic rings. The van der Waals surface area contributed by atoms with Gasteiger partial charge in [0.1, 0.15) is 0 Å². The largest absolute Gasteiger partial charge is 0.369 e. The summed E-state index contributed by atoms with van der Waals surface area (Å²) in [5, 5.41) is 0. The molecule has 1 unspecified atom stereocenters. The molecule has 1 aliphatic rings. The van der Waals surface area contributed by atoms with Gasteiger partial charge in [-0.15, -0.1) is 0 Å². The van der Waals surface area contributed by atoms with Crippen LogP contribution in [0.1, 0.15) is 42.0 Å². The average molecular weight is 292 g/mol. The Bertz CT molecular complexity index is 642. The first-order chi connectivity index (χ1) is 10.7. The van der Waals surface area contributed by atoms with Gasteiger partial charge in [0.05, 0.1) is 12.7 Å². The third kappa shape index (κ3) is 3.48. The lowest BCUT2D eigenvalue weighted by Gasteiger charge is -2.20. The molecule has 0 saturated heterocycles. The number of aryl methyl sites for hydroxylation is 2. The van der Waals surface area contributed by atoms with E-state index in [0.29, 0.717) is 6.61 Å². The van der Waals surface area contributed by atoms with Crippen molar-refractivity contribution in [2.45, 2.75) is 45.3 Å². The fraction of sp³-hybridized carbons (Fsp3) is 0.333. The molecule has 0 saturated carbocycles. The molecule has 0 bridgehead atoms. The molecule has 22 heavy (non-hydrogen) atoms. The van der Waals surface area contributed by atoms with Crippen molar-refractivity contribution in [1.29, 1.82) is 0 Å². The Morgan fingerprint density at radius 2 is 1.77 bits per heavy atom. The third-order valence-corrected chi connectivity index (χ3v) is 4.55. The second-order valence-electron chi connectivity index (χ2n) is 6.15. The maximum atomic E-state index is 5.99. The standard InChI is InChI=1S/C21H24O/c1-16(17(2)22-15-18-8-4-3-5-9-18)20-13-12-19-10-6-7-11-21(19)14-20/h3-5,8-9,12-14,17H,1,6-7,10-11,15H2,2H3. The molecule has 1 aliphatic carbocycles. The second kappa shape index (κ2) is 6.93. The number of hydrogen-bond donors (Lipinski definition) is 0. The minimum Gasteiger partial charge on any atom is -0.369 e. The van der Waals surface area contributed by atoms with Crippen molar-refractivity contribution in [3.63, 3.8) is 0 Å². The van der Waals surface area contributed by atoms with Crippen LogP contribution < -0.4 is 0 Å². The number of benzene rings is 2. The lowest BCUT2D eigenvalue weighted by molar-refractivity contribution is 0.0904. The van der Waals surface area contributed by atoms with Crippen LogP contribution in [0, 0.1) is 0 Å². The Balaban J connectivity index is 1.65. The van der Waals surface area contributed by atoms with Gasteiger partial charge in [-0.1, -0.05) is 55.1 Å². The van der Waals surface area contributed by atoms with Gasteiger partial charge in [-0.2, -0.15) is 0 Å². The average Bonchev–Trinajstić information content (AvgIpc) is 2.59. The summed E-state index contributed by atoms with van der Waals surface area (Å²) in [4.78, 5) is 0. The maximum absolute atomic E-state index is 5.99. The van der Waals surface area contributed by atoms with E-state index < -0.39 is 0 Å². The van der Waals surface area contributed by atoms with Gasteiger partial charge in [-0.25, -0.2) is 0 Å². The van der Waals surface area contributed by atoms with Gasteiger partial charge in [0.25, 0.3) is 0 Å². The Labute approximate surface area is 133 Å². The quantitative estimate of drug-likeness (QED) is 0.737. The van der Waals surface area contributed by atoms with Crippen LogP contribution in [0.25, 0.3) is 5.57 Å². The van der Waals surface area contributed by atoms with E-state index in [0.717, 1.165) is 5.57 Å². The monoisotopic (exact) mass is 292 g/mol. The van der Waals surface area contributed by atoms with Gasteiger partial charge in [0.15, 0.2) is 0 Å². The molecule has 0 aliphatic heterocycles. The zero-order chi connectivity index (χ0) is 15.4. The van der Waals surface area contributed by atoms with Crippen molar-refractivity contribution in [3.05, 3.63) is 77.4 Å². The Morgan fingerprint density at radius 3 is 2.55 bits per heavy atom. The molecule has 0 amide bonds. The van der Waals surface area contributed by atoms with Gasteiger partial charge in [-0.3, -0.25) is 0 Å². The van der Waals surface area contributed by atoms with E-state index in [9.17, 15) is 0 Å². The highest BCUT2D eigenvalue weighted by Gasteiger charge is 2.14. The van der Waals surface area contributed by atoms with E-state index in [1.54, 1.807) is 0 Å². The van der Waals surface area contributed by atoms with Crippen LogP contribution in [0.3, 0.4) is 0 Å². The molecule has 0 fully saturated rings. The summed E-state index contributed by atoms with van der Waals surface area (Å²) in [6, 6.07) is 17.1. The van der Waals surface area contributed by atoms with E-state index in [2.05, 4.69) is 43.8 Å². The van der Waals surface area contributed by atoms with Crippen LogP contribution >= 0.6 is 0 Å². The van der Waals surface area contributed by atoms with Gasteiger partial charge >= 0.3 is 0 Å². The van der Waals surface area contributed by atoms with E-state index >= 15 is 0 Å². The van der Waals surface area contributed by atoms with Crippen molar-refractivity contribution >= 4 is 5.57 Å². The molecular weight excluding hydrogens is 268 g/mol. The topological polar surface area (TPSA) is 9.23 Å². The number of hydrogen-bond acceptors (Lipinski definition) is 1. The van der Waals surface area contributed by atoms with Crippen LogP contribution in [0.2, 0.25) is 0 Å². The first kappa shape index (κ1) is 15.1. The molecule has 1 heteroatoms. The van der Waals surface area contributed by atoms with E-state index in [1.807, 2.05) is 18.2 Å². The molecular formula is C21H24O. The second-order valence-corrected chi connectivity index (χ2v) is 6.15. The number of rotatable bonds is 5. The number of fused-ring (bicyclic) bond motifs is 1. The van der Waals surface area contributed by atoms with Crippen molar-refractivity contribution < 1.29 is 4.74 Å². The van der Waals surface area contributed by atoms with Gasteiger partial charge < -0.3 is 4.74 Å². The molecule has 2 aromatic carbocycles.